The normalized spacial score (nSPS) is 13.2. The van der Waals surface area contributed by atoms with Gasteiger partial charge in [-0.2, -0.15) is 5.10 Å². The van der Waals surface area contributed by atoms with Crippen LogP contribution in [0.3, 0.4) is 0 Å². The minimum atomic E-state index is -1.22. The molecule has 0 fully saturated rings. The Balaban J connectivity index is 2.42. The first kappa shape index (κ1) is 16.5. The van der Waals surface area contributed by atoms with Crippen molar-refractivity contribution in [3.63, 3.8) is 0 Å². The van der Waals surface area contributed by atoms with E-state index in [4.69, 9.17) is 10.8 Å². The van der Waals surface area contributed by atoms with Crippen molar-refractivity contribution in [2.24, 2.45) is 5.73 Å². The number of aliphatic carboxylic acids is 1. The van der Waals surface area contributed by atoms with Crippen LogP contribution in [0.4, 0.5) is 4.79 Å². The minimum absolute atomic E-state index is 0.0500. The quantitative estimate of drug-likeness (QED) is 0.502. The van der Waals surface area contributed by atoms with E-state index in [2.05, 4.69) is 15.7 Å². The van der Waals surface area contributed by atoms with Crippen molar-refractivity contribution in [2.45, 2.75) is 38.4 Å². The molecule has 0 radical (unpaired) electrons. The molecule has 1 rings (SSSR count). The topological polar surface area (TPSA) is 139 Å². The fourth-order valence-corrected chi connectivity index (χ4v) is 1.70. The number of rotatable bonds is 8. The Labute approximate surface area is 121 Å². The molecule has 0 bridgehead atoms. The van der Waals surface area contributed by atoms with Crippen molar-refractivity contribution in [2.75, 3.05) is 0 Å². The smallest absolute Gasteiger partial charge is 0.326 e. The lowest BCUT2D eigenvalue weighted by Crippen LogP contribution is -2.49. The van der Waals surface area contributed by atoms with Crippen LogP contribution in [0, 0.1) is 0 Å². The molecule has 1 heterocycles. The van der Waals surface area contributed by atoms with Crippen LogP contribution in [0.1, 0.15) is 19.8 Å². The lowest BCUT2D eigenvalue weighted by atomic mass is 10.1. The number of hydrogen-bond donors (Lipinski definition) is 4. The zero-order valence-electron chi connectivity index (χ0n) is 11.7. The molecule has 0 saturated carbocycles. The number of urea groups is 1. The Morgan fingerprint density at radius 1 is 1.38 bits per heavy atom. The second-order valence-electron chi connectivity index (χ2n) is 4.64. The van der Waals surface area contributed by atoms with E-state index in [0.717, 1.165) is 0 Å². The highest BCUT2D eigenvalue weighted by Gasteiger charge is 2.21. The van der Waals surface area contributed by atoms with Crippen LogP contribution in [0.2, 0.25) is 0 Å². The molecule has 2 atom stereocenters. The molecule has 0 aliphatic heterocycles. The van der Waals surface area contributed by atoms with Gasteiger partial charge < -0.3 is 21.5 Å². The Kier molecular flexibility index (Phi) is 6.18. The number of primary amides is 1. The number of nitrogens with zero attached hydrogens (tertiary/aromatic N) is 2. The van der Waals surface area contributed by atoms with Crippen LogP contribution in [0.15, 0.2) is 18.5 Å². The third kappa shape index (κ3) is 6.41. The lowest BCUT2D eigenvalue weighted by molar-refractivity contribution is -0.139. The van der Waals surface area contributed by atoms with Gasteiger partial charge >= 0.3 is 12.0 Å². The van der Waals surface area contributed by atoms with Crippen molar-refractivity contribution in [3.05, 3.63) is 18.5 Å². The van der Waals surface area contributed by atoms with Gasteiger partial charge in [-0.25, -0.2) is 9.59 Å². The van der Waals surface area contributed by atoms with Gasteiger partial charge in [-0.1, -0.05) is 0 Å². The first-order valence-corrected chi connectivity index (χ1v) is 6.44. The van der Waals surface area contributed by atoms with Crippen LogP contribution in [-0.4, -0.2) is 44.9 Å². The summed E-state index contributed by atoms with van der Waals surface area (Å²) < 4.78 is 1.65. The minimum Gasteiger partial charge on any atom is -0.480 e. The molecule has 21 heavy (non-hydrogen) atoms. The average molecular weight is 297 g/mol. The predicted molar refractivity (Wildman–Crippen MR) is 73.2 cm³/mol. The molecule has 0 spiro atoms. The van der Waals surface area contributed by atoms with E-state index in [1.807, 2.05) is 0 Å². The second kappa shape index (κ2) is 7.88. The number of nitrogens with one attached hydrogen (secondary N) is 2. The molecule has 9 nitrogen and oxygen atoms in total. The van der Waals surface area contributed by atoms with Crippen molar-refractivity contribution in [1.29, 1.82) is 0 Å². The molecule has 0 aromatic carbocycles. The van der Waals surface area contributed by atoms with E-state index in [1.54, 1.807) is 30.1 Å². The molecule has 1 unspecified atom stereocenters. The van der Waals surface area contributed by atoms with Gasteiger partial charge in [0.05, 0.1) is 6.54 Å². The number of carbonyl (C=O) groups is 3. The summed E-state index contributed by atoms with van der Waals surface area (Å²) in [5.41, 5.74) is 4.96. The highest BCUT2D eigenvalue weighted by atomic mass is 16.4. The summed E-state index contributed by atoms with van der Waals surface area (Å²) in [7, 11) is 0. The first-order chi connectivity index (χ1) is 9.88. The Morgan fingerprint density at radius 2 is 2.10 bits per heavy atom. The van der Waals surface area contributed by atoms with E-state index in [-0.39, 0.29) is 18.9 Å². The van der Waals surface area contributed by atoms with Crippen molar-refractivity contribution < 1.29 is 19.5 Å². The first-order valence-electron chi connectivity index (χ1n) is 6.44. The maximum absolute atomic E-state index is 11.7. The van der Waals surface area contributed by atoms with Crippen molar-refractivity contribution in [1.82, 2.24) is 20.4 Å². The summed E-state index contributed by atoms with van der Waals surface area (Å²) in [6, 6.07) is -0.256. The number of carbonyl (C=O) groups excluding carboxylic acids is 2. The van der Waals surface area contributed by atoms with Crippen LogP contribution in [0.25, 0.3) is 0 Å². The lowest BCUT2D eigenvalue weighted by Gasteiger charge is -2.18. The van der Waals surface area contributed by atoms with E-state index in [9.17, 15) is 14.4 Å². The van der Waals surface area contributed by atoms with Crippen LogP contribution < -0.4 is 16.4 Å². The highest BCUT2D eigenvalue weighted by Crippen LogP contribution is 1.98. The predicted octanol–water partition coefficient (Wildman–Crippen LogP) is -0.710. The van der Waals surface area contributed by atoms with Gasteiger partial charge in [0.1, 0.15) is 6.04 Å². The fraction of sp³-hybridized carbons (Fsp3) is 0.500. The summed E-state index contributed by atoms with van der Waals surface area (Å²) in [6.45, 7) is 2.22. The van der Waals surface area contributed by atoms with Gasteiger partial charge in [0, 0.05) is 24.9 Å². The van der Waals surface area contributed by atoms with Crippen LogP contribution >= 0.6 is 0 Å². The van der Waals surface area contributed by atoms with Crippen LogP contribution in [-0.2, 0) is 16.1 Å². The van der Waals surface area contributed by atoms with Crippen LogP contribution in [0.5, 0.6) is 0 Å². The summed E-state index contributed by atoms with van der Waals surface area (Å²) in [4.78, 5) is 33.3. The molecule has 3 amide bonds. The number of nitrogens with two attached hydrogens (primary N) is 1. The van der Waals surface area contributed by atoms with Gasteiger partial charge in [0.25, 0.3) is 0 Å². The van der Waals surface area contributed by atoms with Gasteiger partial charge in [0.15, 0.2) is 0 Å². The average Bonchev–Trinajstić information content (AvgIpc) is 2.86. The molecule has 1 aromatic rings. The largest absolute Gasteiger partial charge is 0.480 e. The number of amides is 3. The molecule has 0 aliphatic rings. The van der Waals surface area contributed by atoms with E-state index in [0.29, 0.717) is 6.54 Å². The number of carboxylic acid groups (broad SMARTS) is 1. The van der Waals surface area contributed by atoms with E-state index >= 15 is 0 Å². The van der Waals surface area contributed by atoms with Gasteiger partial charge in [-0.3, -0.25) is 9.48 Å². The standard InChI is InChI=1S/C12H19N5O4/c1-8(7-17-6-2-5-14-17)15-12(21)16-9(11(19)20)3-4-10(13)18/h2,5-6,8-9H,3-4,7H2,1H3,(H2,13,18)(H,19,20)(H2,15,16,21)/t8?,9-/m0/s1. The van der Waals surface area contributed by atoms with Gasteiger partial charge in [0.2, 0.25) is 5.91 Å². The Bertz CT molecular complexity index is 488. The van der Waals surface area contributed by atoms with E-state index in [1.165, 1.54) is 0 Å². The third-order valence-corrected chi connectivity index (χ3v) is 2.68. The zero-order valence-corrected chi connectivity index (χ0v) is 11.7. The molecule has 0 saturated heterocycles. The van der Waals surface area contributed by atoms with Gasteiger partial charge in [-0.05, 0) is 19.4 Å². The molecule has 0 aliphatic carbocycles. The Hall–Kier alpha value is -2.58. The SMILES string of the molecule is CC(Cn1cccn1)NC(=O)N[C@@H](CCC(N)=O)C(=O)O. The molecule has 9 heteroatoms. The zero-order chi connectivity index (χ0) is 15.8. The highest BCUT2D eigenvalue weighted by molar-refractivity contribution is 5.83. The Morgan fingerprint density at radius 3 is 2.62 bits per heavy atom. The summed E-state index contributed by atoms with van der Waals surface area (Å²) in [5.74, 6) is -1.83. The summed E-state index contributed by atoms with van der Waals surface area (Å²) >= 11 is 0. The molecule has 116 valence electrons. The monoisotopic (exact) mass is 297 g/mol. The van der Waals surface area contributed by atoms with E-state index < -0.39 is 23.9 Å². The maximum atomic E-state index is 11.7. The fourth-order valence-electron chi connectivity index (χ4n) is 1.70. The summed E-state index contributed by atoms with van der Waals surface area (Å²) in [6.07, 6.45) is 3.21. The molecule has 5 N–H and O–H groups in total. The third-order valence-electron chi connectivity index (χ3n) is 2.68. The van der Waals surface area contributed by atoms with Crippen molar-refractivity contribution in [3.8, 4) is 0 Å². The maximum Gasteiger partial charge on any atom is 0.326 e. The number of hydrogen-bond acceptors (Lipinski definition) is 4. The second-order valence-corrected chi connectivity index (χ2v) is 4.64. The molecular weight excluding hydrogens is 278 g/mol. The molecule has 1 aromatic heterocycles. The number of carboxylic acids is 1. The van der Waals surface area contributed by atoms with Crippen molar-refractivity contribution >= 4 is 17.9 Å². The van der Waals surface area contributed by atoms with Gasteiger partial charge in [-0.15, -0.1) is 0 Å². The number of aromatic nitrogens is 2. The summed E-state index contributed by atoms with van der Waals surface area (Å²) in [5, 5.41) is 17.9. The molecular formula is C12H19N5O4.